The molecule has 1 rings (SSSR count). The molecule has 0 spiro atoms. The van der Waals surface area contributed by atoms with Crippen molar-refractivity contribution in [3.63, 3.8) is 0 Å². The maximum absolute atomic E-state index is 12.6. The van der Waals surface area contributed by atoms with Crippen LogP contribution in [0.1, 0.15) is 11.1 Å². The molecule has 108 valence electrons. The summed E-state index contributed by atoms with van der Waals surface area (Å²) in [4.78, 5) is -2.00. The first-order valence-electron chi connectivity index (χ1n) is 4.17. The van der Waals surface area contributed by atoms with Gasteiger partial charge < -0.3 is 0 Å². The molecular weight excluding hydrogens is 389 g/mol. The summed E-state index contributed by atoms with van der Waals surface area (Å²) < 4.78 is 97.2. The molecule has 1 aromatic carbocycles. The minimum Gasteiger partial charge on any atom is -0.207 e. The average molecular weight is 392 g/mol. The van der Waals surface area contributed by atoms with Crippen LogP contribution in [0.15, 0.2) is 21.5 Å². The van der Waals surface area contributed by atoms with Crippen LogP contribution in [0.25, 0.3) is 0 Å². The lowest BCUT2D eigenvalue weighted by Gasteiger charge is -2.17. The first kappa shape index (κ1) is 16.6. The highest BCUT2D eigenvalue weighted by molar-refractivity contribution is 9.10. The zero-order chi connectivity index (χ0) is 15.2. The minimum atomic E-state index is -5.30. The van der Waals surface area contributed by atoms with E-state index in [1.807, 2.05) is 0 Å². The lowest BCUT2D eigenvalue weighted by molar-refractivity contribution is -0.147. The van der Waals surface area contributed by atoms with Crippen molar-refractivity contribution in [1.82, 2.24) is 0 Å². The first-order chi connectivity index (χ1) is 8.24. The molecule has 0 fully saturated rings. The summed E-state index contributed by atoms with van der Waals surface area (Å²) in [6.45, 7) is 0. The zero-order valence-electron chi connectivity index (χ0n) is 8.40. The summed E-state index contributed by atoms with van der Waals surface area (Å²) in [5, 5.41) is 0. The maximum atomic E-state index is 12.6. The standard InChI is InChI=1S/C8H2BrClF6O2S/c9-3-1-4(7(11,12)13)6(19(10,17)18)5(2-3)8(14,15)16/h1-2H. The molecule has 0 aromatic heterocycles. The Kier molecular flexibility index (Phi) is 4.20. The Morgan fingerprint density at radius 1 is 0.947 bits per heavy atom. The summed E-state index contributed by atoms with van der Waals surface area (Å²) in [5.74, 6) is 0. The van der Waals surface area contributed by atoms with Crippen molar-refractivity contribution < 1.29 is 34.8 Å². The summed E-state index contributed by atoms with van der Waals surface area (Å²) in [7, 11) is -0.546. The summed E-state index contributed by atoms with van der Waals surface area (Å²) in [5.41, 5.74) is -3.96. The van der Waals surface area contributed by atoms with Gasteiger partial charge >= 0.3 is 12.4 Å². The molecule has 19 heavy (non-hydrogen) atoms. The van der Waals surface area contributed by atoms with Gasteiger partial charge in [-0.25, -0.2) is 8.42 Å². The molecule has 0 bridgehead atoms. The van der Waals surface area contributed by atoms with E-state index >= 15 is 0 Å². The smallest absolute Gasteiger partial charge is 0.207 e. The van der Waals surface area contributed by atoms with Crippen molar-refractivity contribution in [3.8, 4) is 0 Å². The van der Waals surface area contributed by atoms with Crippen LogP contribution in [-0.4, -0.2) is 8.42 Å². The van der Waals surface area contributed by atoms with Gasteiger partial charge in [0.25, 0.3) is 9.05 Å². The van der Waals surface area contributed by atoms with Crippen LogP contribution in [0.3, 0.4) is 0 Å². The Hall–Kier alpha value is -0.480. The van der Waals surface area contributed by atoms with Crippen molar-refractivity contribution in [2.45, 2.75) is 17.2 Å². The highest BCUT2D eigenvalue weighted by atomic mass is 79.9. The third-order valence-electron chi connectivity index (χ3n) is 1.91. The molecule has 0 saturated carbocycles. The lowest BCUT2D eigenvalue weighted by Crippen LogP contribution is -2.18. The second kappa shape index (κ2) is 4.81. The molecule has 0 heterocycles. The normalized spacial score (nSPS) is 13.7. The monoisotopic (exact) mass is 390 g/mol. The van der Waals surface area contributed by atoms with E-state index in [1.165, 1.54) is 0 Å². The van der Waals surface area contributed by atoms with Crippen LogP contribution < -0.4 is 0 Å². The van der Waals surface area contributed by atoms with Gasteiger partial charge in [0.2, 0.25) is 0 Å². The van der Waals surface area contributed by atoms with Gasteiger partial charge in [-0.1, -0.05) is 15.9 Å². The molecule has 11 heteroatoms. The summed E-state index contributed by atoms with van der Waals surface area (Å²) >= 11 is 2.46. The Morgan fingerprint density at radius 3 is 1.47 bits per heavy atom. The van der Waals surface area contributed by atoms with Gasteiger partial charge in [-0.05, 0) is 12.1 Å². The second-order valence-electron chi connectivity index (χ2n) is 3.26. The van der Waals surface area contributed by atoms with E-state index in [2.05, 4.69) is 15.9 Å². The van der Waals surface area contributed by atoms with Crippen molar-refractivity contribution in [2.24, 2.45) is 0 Å². The van der Waals surface area contributed by atoms with Gasteiger partial charge in [-0.2, -0.15) is 26.3 Å². The molecule has 2 nitrogen and oxygen atoms in total. The third-order valence-corrected chi connectivity index (χ3v) is 3.76. The van der Waals surface area contributed by atoms with Gasteiger partial charge in [0, 0.05) is 15.2 Å². The highest BCUT2D eigenvalue weighted by Gasteiger charge is 2.45. The average Bonchev–Trinajstić information content (AvgIpc) is 2.11. The van der Waals surface area contributed by atoms with E-state index in [-0.39, 0.29) is 12.1 Å². The fourth-order valence-corrected chi connectivity index (χ4v) is 3.11. The largest absolute Gasteiger partial charge is 0.417 e. The Bertz CT molecular complexity index is 572. The van der Waals surface area contributed by atoms with Crippen molar-refractivity contribution in [1.29, 1.82) is 0 Å². The summed E-state index contributed by atoms with van der Waals surface area (Å²) in [6, 6.07) is 0.426. The number of hydrogen-bond acceptors (Lipinski definition) is 2. The second-order valence-corrected chi connectivity index (χ2v) is 6.68. The minimum absolute atomic E-state index is 0.213. The van der Waals surface area contributed by atoms with Gasteiger partial charge in [-0.15, -0.1) is 0 Å². The number of rotatable bonds is 1. The van der Waals surface area contributed by atoms with Crippen molar-refractivity contribution in [3.05, 3.63) is 27.7 Å². The molecule has 0 unspecified atom stereocenters. The Labute approximate surface area is 115 Å². The van der Waals surface area contributed by atoms with Crippen molar-refractivity contribution >= 4 is 35.7 Å². The Morgan fingerprint density at radius 2 is 1.26 bits per heavy atom. The predicted molar refractivity (Wildman–Crippen MR) is 57.2 cm³/mol. The van der Waals surface area contributed by atoms with Crippen LogP contribution in [0.2, 0.25) is 0 Å². The van der Waals surface area contributed by atoms with E-state index in [0.717, 1.165) is 0 Å². The predicted octanol–water partition coefficient (Wildman–Crippen LogP) is 4.41. The van der Waals surface area contributed by atoms with Crippen LogP contribution in [0, 0.1) is 0 Å². The molecule has 0 saturated heterocycles. The van der Waals surface area contributed by atoms with Gasteiger partial charge in [0.1, 0.15) is 4.90 Å². The third kappa shape index (κ3) is 3.76. The zero-order valence-corrected chi connectivity index (χ0v) is 11.6. The van der Waals surface area contributed by atoms with Gasteiger partial charge in [0.15, 0.2) is 0 Å². The van der Waals surface area contributed by atoms with Gasteiger partial charge in [0.05, 0.1) is 11.1 Å². The Balaban J connectivity index is 3.91. The number of alkyl halides is 6. The molecule has 0 aliphatic carbocycles. The number of hydrogen-bond donors (Lipinski definition) is 0. The van der Waals surface area contributed by atoms with Gasteiger partial charge in [-0.3, -0.25) is 0 Å². The molecule has 0 N–H and O–H groups in total. The van der Waals surface area contributed by atoms with E-state index in [9.17, 15) is 34.8 Å². The highest BCUT2D eigenvalue weighted by Crippen LogP contribution is 2.44. The van der Waals surface area contributed by atoms with Crippen LogP contribution in [0.4, 0.5) is 26.3 Å². The van der Waals surface area contributed by atoms with Crippen LogP contribution in [0.5, 0.6) is 0 Å². The SMILES string of the molecule is O=S(=O)(Cl)c1c(C(F)(F)F)cc(Br)cc1C(F)(F)F. The molecule has 1 aromatic rings. The quantitative estimate of drug-likeness (QED) is 0.525. The fraction of sp³-hybridized carbons (Fsp3) is 0.250. The van der Waals surface area contributed by atoms with E-state index in [1.54, 1.807) is 0 Å². The summed E-state index contributed by atoms with van der Waals surface area (Å²) in [6.07, 6.45) is -10.6. The molecule has 0 aliphatic rings. The fourth-order valence-electron chi connectivity index (χ4n) is 1.28. The number of benzene rings is 1. The molecular formula is C8H2BrClF6O2S. The van der Waals surface area contributed by atoms with Crippen LogP contribution >= 0.6 is 26.6 Å². The maximum Gasteiger partial charge on any atom is 0.417 e. The van der Waals surface area contributed by atoms with Crippen LogP contribution in [-0.2, 0) is 21.4 Å². The molecule has 0 aliphatic heterocycles. The topological polar surface area (TPSA) is 34.1 Å². The lowest BCUT2D eigenvalue weighted by atomic mass is 10.1. The number of halogens is 8. The van der Waals surface area contributed by atoms with E-state index in [0.29, 0.717) is 0 Å². The first-order valence-corrected chi connectivity index (χ1v) is 7.27. The van der Waals surface area contributed by atoms with Crippen molar-refractivity contribution in [2.75, 3.05) is 0 Å². The molecule has 0 radical (unpaired) electrons. The molecule has 0 amide bonds. The van der Waals surface area contributed by atoms with E-state index in [4.69, 9.17) is 10.7 Å². The van der Waals surface area contributed by atoms with E-state index < -0.39 is 41.9 Å². The molecule has 0 atom stereocenters.